The van der Waals surface area contributed by atoms with E-state index in [0.717, 1.165) is 30.0 Å². The van der Waals surface area contributed by atoms with Crippen molar-refractivity contribution in [1.82, 2.24) is 15.3 Å². The molecule has 0 radical (unpaired) electrons. The van der Waals surface area contributed by atoms with Gasteiger partial charge in [-0.25, -0.2) is 4.98 Å². The van der Waals surface area contributed by atoms with Gasteiger partial charge >= 0.3 is 0 Å². The Morgan fingerprint density at radius 3 is 2.78 bits per heavy atom. The highest BCUT2D eigenvalue weighted by molar-refractivity contribution is 5.80. The number of ether oxygens (including phenoxy) is 2. The van der Waals surface area contributed by atoms with E-state index in [9.17, 15) is 4.79 Å². The number of nitrogens with one attached hydrogen (secondary N) is 3. The molecule has 8 nitrogen and oxygen atoms in total. The zero-order chi connectivity index (χ0) is 19.1. The second-order valence-electron chi connectivity index (χ2n) is 6.29. The number of aryl methyl sites for hydroxylation is 1. The highest BCUT2D eigenvalue weighted by atomic mass is 16.5. The molecule has 1 amide bonds. The number of hydrogen-bond acceptors (Lipinski definition) is 7. The van der Waals surface area contributed by atoms with Crippen molar-refractivity contribution < 1.29 is 14.3 Å². The minimum absolute atomic E-state index is 0.0543. The van der Waals surface area contributed by atoms with Gasteiger partial charge < -0.3 is 25.4 Å². The number of rotatable bonds is 8. The van der Waals surface area contributed by atoms with E-state index in [0.29, 0.717) is 31.5 Å². The number of hydrogen-bond donors (Lipinski definition) is 3. The maximum Gasteiger partial charge on any atom is 0.249 e. The Morgan fingerprint density at radius 1 is 1.26 bits per heavy atom. The molecule has 3 N–H and O–H groups in total. The molecule has 3 rings (SSSR count). The number of carbonyl (C=O) groups is 1. The molecule has 0 spiro atoms. The van der Waals surface area contributed by atoms with E-state index in [-0.39, 0.29) is 12.0 Å². The van der Waals surface area contributed by atoms with E-state index in [2.05, 4.69) is 25.9 Å². The molecule has 1 aliphatic rings. The normalized spacial score (nSPS) is 16.0. The number of methoxy groups -OCH3 is 1. The number of aromatic nitrogens is 2. The highest BCUT2D eigenvalue weighted by Crippen LogP contribution is 2.20. The van der Waals surface area contributed by atoms with Crippen LogP contribution in [0, 0.1) is 6.92 Å². The van der Waals surface area contributed by atoms with E-state index < -0.39 is 0 Å². The summed E-state index contributed by atoms with van der Waals surface area (Å²) in [7, 11) is 1.64. The Bertz CT molecular complexity index is 760. The monoisotopic (exact) mass is 371 g/mol. The Hall–Kier alpha value is -2.87. The maximum absolute atomic E-state index is 11.9. The molecule has 1 atom stereocenters. The van der Waals surface area contributed by atoms with Gasteiger partial charge in [-0.1, -0.05) is 0 Å². The molecule has 2 heterocycles. The summed E-state index contributed by atoms with van der Waals surface area (Å²) in [6.45, 7) is 3.59. The van der Waals surface area contributed by atoms with Crippen LogP contribution in [0.2, 0.25) is 0 Å². The van der Waals surface area contributed by atoms with E-state index >= 15 is 0 Å². The number of benzene rings is 1. The minimum Gasteiger partial charge on any atom is -0.497 e. The van der Waals surface area contributed by atoms with E-state index in [1.807, 2.05) is 37.3 Å². The van der Waals surface area contributed by atoms with Crippen LogP contribution >= 0.6 is 0 Å². The van der Waals surface area contributed by atoms with Gasteiger partial charge in [-0.2, -0.15) is 4.98 Å². The van der Waals surface area contributed by atoms with Crippen LogP contribution in [0.25, 0.3) is 0 Å². The third-order valence-corrected chi connectivity index (χ3v) is 4.15. The lowest BCUT2D eigenvalue weighted by atomic mass is 10.2. The van der Waals surface area contributed by atoms with Gasteiger partial charge in [0.05, 0.1) is 7.11 Å². The highest BCUT2D eigenvalue weighted by Gasteiger charge is 2.22. The number of carbonyl (C=O) groups excluding carboxylic acids is 1. The van der Waals surface area contributed by atoms with Crippen LogP contribution in [0.5, 0.6) is 5.75 Å². The summed E-state index contributed by atoms with van der Waals surface area (Å²) in [5.41, 5.74) is 1.75. The summed E-state index contributed by atoms with van der Waals surface area (Å²) in [6.07, 6.45) is 1.43. The van der Waals surface area contributed by atoms with Crippen molar-refractivity contribution >= 4 is 23.4 Å². The second-order valence-corrected chi connectivity index (χ2v) is 6.29. The second kappa shape index (κ2) is 9.18. The maximum atomic E-state index is 11.9. The van der Waals surface area contributed by atoms with Crippen molar-refractivity contribution in [3.05, 3.63) is 36.0 Å². The van der Waals surface area contributed by atoms with Crippen molar-refractivity contribution in [2.45, 2.75) is 25.9 Å². The molecular formula is C19H25N5O3. The molecule has 0 unspecified atom stereocenters. The van der Waals surface area contributed by atoms with Gasteiger partial charge in [0, 0.05) is 37.1 Å². The van der Waals surface area contributed by atoms with Gasteiger partial charge in [0.1, 0.15) is 17.7 Å². The Labute approximate surface area is 158 Å². The van der Waals surface area contributed by atoms with Crippen LogP contribution in [-0.2, 0) is 9.53 Å². The van der Waals surface area contributed by atoms with Crippen LogP contribution in [0.3, 0.4) is 0 Å². The average molecular weight is 371 g/mol. The molecule has 27 heavy (non-hydrogen) atoms. The standard InChI is InChI=1S/C19H25N5O3/c1-13-12-17(23-14-5-7-15(26-2)8-6-14)24-19(22-13)21-10-9-20-18(25)16-4-3-11-27-16/h5-8,12,16H,3-4,9-11H2,1-2H3,(H,20,25)(H2,21,22,23,24)/t16-/m0/s1. The van der Waals surface area contributed by atoms with Gasteiger partial charge in [-0.15, -0.1) is 0 Å². The minimum atomic E-state index is -0.305. The Morgan fingerprint density at radius 2 is 2.07 bits per heavy atom. The Kier molecular flexibility index (Phi) is 6.43. The van der Waals surface area contributed by atoms with E-state index in [1.165, 1.54) is 0 Å². The number of amides is 1. The lowest BCUT2D eigenvalue weighted by Crippen LogP contribution is -2.36. The summed E-state index contributed by atoms with van der Waals surface area (Å²) >= 11 is 0. The van der Waals surface area contributed by atoms with Gasteiger partial charge in [0.2, 0.25) is 11.9 Å². The van der Waals surface area contributed by atoms with Gasteiger partial charge in [0.25, 0.3) is 0 Å². The van der Waals surface area contributed by atoms with E-state index in [1.54, 1.807) is 7.11 Å². The summed E-state index contributed by atoms with van der Waals surface area (Å²) in [5, 5.41) is 9.25. The van der Waals surface area contributed by atoms with Crippen LogP contribution in [-0.4, -0.2) is 48.8 Å². The predicted molar refractivity (Wildman–Crippen MR) is 104 cm³/mol. The van der Waals surface area contributed by atoms with Crippen LogP contribution in [0.15, 0.2) is 30.3 Å². The van der Waals surface area contributed by atoms with Crippen LogP contribution in [0.4, 0.5) is 17.5 Å². The molecule has 144 valence electrons. The van der Waals surface area contributed by atoms with Crippen molar-refractivity contribution in [3.63, 3.8) is 0 Å². The molecular weight excluding hydrogens is 346 g/mol. The summed E-state index contributed by atoms with van der Waals surface area (Å²) in [4.78, 5) is 20.7. The first-order chi connectivity index (χ1) is 13.1. The fourth-order valence-corrected chi connectivity index (χ4v) is 2.79. The Balaban J connectivity index is 1.50. The number of anilines is 3. The first kappa shape index (κ1) is 18.9. The predicted octanol–water partition coefficient (Wildman–Crippen LogP) is 2.24. The zero-order valence-corrected chi connectivity index (χ0v) is 15.6. The molecule has 0 bridgehead atoms. The van der Waals surface area contributed by atoms with Crippen molar-refractivity contribution in [1.29, 1.82) is 0 Å². The van der Waals surface area contributed by atoms with Gasteiger partial charge in [0.15, 0.2) is 0 Å². The summed E-state index contributed by atoms with van der Waals surface area (Å²) in [5.74, 6) is 1.95. The van der Waals surface area contributed by atoms with Crippen molar-refractivity contribution in [2.24, 2.45) is 0 Å². The molecule has 1 saturated heterocycles. The van der Waals surface area contributed by atoms with Gasteiger partial charge in [-0.3, -0.25) is 4.79 Å². The summed E-state index contributed by atoms with van der Waals surface area (Å²) in [6, 6.07) is 9.47. The SMILES string of the molecule is COc1ccc(Nc2cc(C)nc(NCCNC(=O)[C@@H]3CCCO3)n2)cc1. The molecule has 1 fully saturated rings. The third-order valence-electron chi connectivity index (χ3n) is 4.15. The third kappa shape index (κ3) is 5.55. The molecule has 1 aromatic heterocycles. The molecule has 8 heteroatoms. The van der Waals surface area contributed by atoms with Crippen LogP contribution < -0.4 is 20.7 Å². The summed E-state index contributed by atoms with van der Waals surface area (Å²) < 4.78 is 10.5. The first-order valence-electron chi connectivity index (χ1n) is 9.04. The fourth-order valence-electron chi connectivity index (χ4n) is 2.79. The zero-order valence-electron chi connectivity index (χ0n) is 15.6. The molecule has 1 aromatic carbocycles. The van der Waals surface area contributed by atoms with Crippen LogP contribution in [0.1, 0.15) is 18.5 Å². The fraction of sp³-hybridized carbons (Fsp3) is 0.421. The van der Waals surface area contributed by atoms with Gasteiger partial charge in [-0.05, 0) is 44.0 Å². The lowest BCUT2D eigenvalue weighted by Gasteiger charge is -2.12. The first-order valence-corrected chi connectivity index (χ1v) is 9.04. The molecule has 0 saturated carbocycles. The largest absolute Gasteiger partial charge is 0.497 e. The average Bonchev–Trinajstić information content (AvgIpc) is 3.20. The molecule has 1 aliphatic heterocycles. The van der Waals surface area contributed by atoms with Crippen molar-refractivity contribution in [3.8, 4) is 5.75 Å². The smallest absolute Gasteiger partial charge is 0.249 e. The topological polar surface area (TPSA) is 97.4 Å². The molecule has 2 aromatic rings. The number of nitrogens with zero attached hydrogens (tertiary/aromatic N) is 2. The lowest BCUT2D eigenvalue weighted by molar-refractivity contribution is -0.129. The van der Waals surface area contributed by atoms with Crippen molar-refractivity contribution in [2.75, 3.05) is 37.4 Å². The van der Waals surface area contributed by atoms with E-state index in [4.69, 9.17) is 9.47 Å². The molecule has 0 aliphatic carbocycles. The quantitative estimate of drug-likeness (QED) is 0.612.